The van der Waals surface area contributed by atoms with E-state index >= 15 is 0 Å². The van der Waals surface area contributed by atoms with Crippen LogP contribution in [0.2, 0.25) is 0 Å². The molecule has 0 spiro atoms. The molecular weight excluding hydrogens is 310 g/mol. The first kappa shape index (κ1) is 15.7. The predicted octanol–water partition coefficient (Wildman–Crippen LogP) is 1.91. The number of benzene rings is 2. The van der Waals surface area contributed by atoms with E-state index in [2.05, 4.69) is 5.32 Å². The summed E-state index contributed by atoms with van der Waals surface area (Å²) in [5.74, 6) is -0.706. The van der Waals surface area contributed by atoms with Gasteiger partial charge in [0, 0.05) is 36.9 Å². The van der Waals surface area contributed by atoms with Crippen molar-refractivity contribution >= 4 is 23.2 Å². The van der Waals surface area contributed by atoms with Gasteiger partial charge in [0.05, 0.1) is 4.92 Å². The van der Waals surface area contributed by atoms with Crippen LogP contribution in [0.5, 0.6) is 0 Å². The van der Waals surface area contributed by atoms with Crippen LogP contribution in [0.4, 0.5) is 11.4 Å². The number of anilines is 1. The van der Waals surface area contributed by atoms with Gasteiger partial charge in [-0.05, 0) is 17.7 Å². The Morgan fingerprint density at radius 1 is 1.21 bits per heavy atom. The van der Waals surface area contributed by atoms with E-state index in [4.69, 9.17) is 0 Å². The van der Waals surface area contributed by atoms with Gasteiger partial charge in [-0.3, -0.25) is 24.6 Å². The average molecular weight is 325 g/mol. The summed E-state index contributed by atoms with van der Waals surface area (Å²) >= 11 is 0. The monoisotopic (exact) mass is 325 g/mol. The number of rotatable bonds is 3. The van der Waals surface area contributed by atoms with Crippen molar-refractivity contribution in [3.63, 3.8) is 0 Å². The minimum absolute atomic E-state index is 0.162. The molecule has 2 aromatic rings. The molecule has 2 amide bonds. The highest BCUT2D eigenvalue weighted by Gasteiger charge is 2.38. The van der Waals surface area contributed by atoms with Crippen molar-refractivity contribution in [2.24, 2.45) is 0 Å². The molecule has 0 fully saturated rings. The second-order valence-electron chi connectivity index (χ2n) is 5.45. The molecule has 7 nitrogen and oxygen atoms in total. The van der Waals surface area contributed by atoms with Crippen LogP contribution in [-0.4, -0.2) is 29.8 Å². The van der Waals surface area contributed by atoms with E-state index in [1.807, 2.05) is 12.1 Å². The van der Waals surface area contributed by atoms with Crippen LogP contribution < -0.4 is 10.2 Å². The Morgan fingerprint density at radius 2 is 1.96 bits per heavy atom. The van der Waals surface area contributed by atoms with Gasteiger partial charge < -0.3 is 5.32 Å². The van der Waals surface area contributed by atoms with Crippen LogP contribution in [0.15, 0.2) is 48.5 Å². The van der Waals surface area contributed by atoms with Crippen LogP contribution in [0.25, 0.3) is 0 Å². The Bertz CT molecular complexity index is 834. The molecule has 3 rings (SSSR count). The number of para-hydroxylation sites is 1. The number of hydrogen-bond acceptors (Lipinski definition) is 4. The third-order valence-corrected chi connectivity index (χ3v) is 4.05. The molecule has 0 radical (unpaired) electrons. The van der Waals surface area contributed by atoms with Gasteiger partial charge in [0.1, 0.15) is 6.04 Å². The van der Waals surface area contributed by atoms with Crippen molar-refractivity contribution < 1.29 is 14.5 Å². The quantitative estimate of drug-likeness (QED) is 0.689. The third-order valence-electron chi connectivity index (χ3n) is 4.05. The average Bonchev–Trinajstić information content (AvgIpc) is 3.00. The molecule has 2 aromatic carbocycles. The molecular formula is C17H15N3O4. The number of carbonyl (C=O) groups excluding carboxylic acids is 2. The maximum absolute atomic E-state index is 12.9. The normalized spacial score (nSPS) is 15.7. The number of likely N-dealkylation sites (N-methyl/N-ethyl adjacent to an activating group) is 1. The zero-order valence-electron chi connectivity index (χ0n) is 12.9. The first-order valence-electron chi connectivity index (χ1n) is 7.40. The minimum atomic E-state index is -0.667. The van der Waals surface area contributed by atoms with Crippen LogP contribution >= 0.6 is 0 Å². The first-order valence-corrected chi connectivity index (χ1v) is 7.40. The van der Waals surface area contributed by atoms with E-state index in [1.54, 1.807) is 12.1 Å². The summed E-state index contributed by atoms with van der Waals surface area (Å²) in [6, 6.07) is 12.1. The Kier molecular flexibility index (Phi) is 3.99. The first-order chi connectivity index (χ1) is 11.5. The number of nitrogens with one attached hydrogen (secondary N) is 1. The van der Waals surface area contributed by atoms with E-state index < -0.39 is 16.9 Å². The van der Waals surface area contributed by atoms with Crippen molar-refractivity contribution in [2.75, 3.05) is 11.9 Å². The van der Waals surface area contributed by atoms with Gasteiger partial charge in [-0.25, -0.2) is 0 Å². The molecule has 7 heteroatoms. The fraction of sp³-hybridized carbons (Fsp3) is 0.176. The predicted molar refractivity (Wildman–Crippen MR) is 87.9 cm³/mol. The summed E-state index contributed by atoms with van der Waals surface area (Å²) in [6.45, 7) is 0. The van der Waals surface area contributed by atoms with Crippen molar-refractivity contribution in [1.29, 1.82) is 0 Å². The molecule has 0 bridgehead atoms. The number of non-ortho nitro benzene ring substituents is 1. The largest absolute Gasteiger partial charge is 0.357 e. The van der Waals surface area contributed by atoms with E-state index in [0.717, 1.165) is 5.56 Å². The van der Waals surface area contributed by atoms with E-state index in [1.165, 1.54) is 36.2 Å². The molecule has 1 aliphatic heterocycles. The molecule has 122 valence electrons. The van der Waals surface area contributed by atoms with Crippen molar-refractivity contribution in [2.45, 2.75) is 12.5 Å². The summed E-state index contributed by atoms with van der Waals surface area (Å²) in [4.78, 5) is 36.9. The molecule has 1 atom stereocenters. The number of nitro groups is 1. The third kappa shape index (κ3) is 2.60. The zero-order valence-corrected chi connectivity index (χ0v) is 12.9. The van der Waals surface area contributed by atoms with E-state index in [9.17, 15) is 19.7 Å². The number of amides is 2. The topological polar surface area (TPSA) is 92.6 Å². The molecule has 1 heterocycles. The number of hydrogen-bond donors (Lipinski definition) is 1. The second kappa shape index (κ2) is 6.11. The summed E-state index contributed by atoms with van der Waals surface area (Å²) in [5, 5.41) is 13.5. The lowest BCUT2D eigenvalue weighted by Gasteiger charge is -2.24. The highest BCUT2D eigenvalue weighted by atomic mass is 16.6. The standard InChI is InChI=1S/C17H15N3O4/c1-18-16(21)15-10-11-5-2-3-8-14(11)19(15)17(22)12-6-4-7-13(9-12)20(23)24/h2-9,15H,10H2,1H3,(H,18,21). The van der Waals surface area contributed by atoms with Gasteiger partial charge in [0.2, 0.25) is 5.91 Å². The van der Waals surface area contributed by atoms with Gasteiger partial charge >= 0.3 is 0 Å². The maximum Gasteiger partial charge on any atom is 0.270 e. The molecule has 0 saturated carbocycles. The molecule has 1 unspecified atom stereocenters. The van der Waals surface area contributed by atoms with Crippen LogP contribution in [0, 0.1) is 10.1 Å². The highest BCUT2D eigenvalue weighted by molar-refractivity contribution is 6.11. The summed E-state index contributed by atoms with van der Waals surface area (Å²) < 4.78 is 0. The smallest absolute Gasteiger partial charge is 0.270 e. The fourth-order valence-electron chi connectivity index (χ4n) is 2.91. The van der Waals surface area contributed by atoms with E-state index in [0.29, 0.717) is 12.1 Å². The van der Waals surface area contributed by atoms with Crippen LogP contribution in [0.3, 0.4) is 0 Å². The molecule has 1 aliphatic rings. The molecule has 0 saturated heterocycles. The minimum Gasteiger partial charge on any atom is -0.357 e. The Morgan fingerprint density at radius 3 is 2.67 bits per heavy atom. The van der Waals surface area contributed by atoms with Gasteiger partial charge in [0.15, 0.2) is 0 Å². The summed E-state index contributed by atoms with van der Waals surface area (Å²) in [6.07, 6.45) is 0.413. The Balaban J connectivity index is 2.04. The molecule has 0 aromatic heterocycles. The van der Waals surface area contributed by atoms with E-state index in [-0.39, 0.29) is 17.2 Å². The summed E-state index contributed by atoms with van der Waals surface area (Å²) in [5.41, 5.74) is 1.56. The lowest BCUT2D eigenvalue weighted by atomic mass is 10.1. The molecule has 0 aliphatic carbocycles. The fourth-order valence-corrected chi connectivity index (χ4v) is 2.91. The Hall–Kier alpha value is -3.22. The van der Waals surface area contributed by atoms with Crippen molar-refractivity contribution in [3.8, 4) is 0 Å². The van der Waals surface area contributed by atoms with Crippen LogP contribution in [0.1, 0.15) is 15.9 Å². The maximum atomic E-state index is 12.9. The highest BCUT2D eigenvalue weighted by Crippen LogP contribution is 2.33. The van der Waals surface area contributed by atoms with Crippen LogP contribution in [-0.2, 0) is 11.2 Å². The molecule has 24 heavy (non-hydrogen) atoms. The van der Waals surface area contributed by atoms with Gasteiger partial charge in [-0.1, -0.05) is 24.3 Å². The second-order valence-corrected chi connectivity index (χ2v) is 5.45. The van der Waals surface area contributed by atoms with Crippen molar-refractivity contribution in [1.82, 2.24) is 5.32 Å². The number of nitro benzene ring substituents is 1. The zero-order chi connectivity index (χ0) is 17.3. The lowest BCUT2D eigenvalue weighted by Crippen LogP contribution is -2.47. The van der Waals surface area contributed by atoms with Gasteiger partial charge in [-0.15, -0.1) is 0 Å². The number of fused-ring (bicyclic) bond motifs is 1. The number of carbonyl (C=O) groups is 2. The summed E-state index contributed by atoms with van der Waals surface area (Å²) in [7, 11) is 1.52. The van der Waals surface area contributed by atoms with Gasteiger partial charge in [0.25, 0.3) is 11.6 Å². The molecule has 1 N–H and O–H groups in total. The van der Waals surface area contributed by atoms with Gasteiger partial charge in [-0.2, -0.15) is 0 Å². The lowest BCUT2D eigenvalue weighted by molar-refractivity contribution is -0.384. The Labute approximate surface area is 138 Å². The SMILES string of the molecule is CNC(=O)C1Cc2ccccc2N1C(=O)c1cccc([N+](=O)[O-])c1. The van der Waals surface area contributed by atoms with Crippen molar-refractivity contribution in [3.05, 3.63) is 69.8 Å². The number of nitrogens with zero attached hydrogens (tertiary/aromatic N) is 2.